The number of hydrogen-bond donors (Lipinski definition) is 3. The zero-order chi connectivity index (χ0) is 36.8. The Balaban J connectivity index is 1.43. The number of hydrogen-bond acceptors (Lipinski definition) is 11. The number of aryl methyl sites for hydroxylation is 1. The molecule has 2 heterocycles. The summed E-state index contributed by atoms with van der Waals surface area (Å²) < 4.78 is 45.0. The molecular weight excluding hydrogens is 678 g/mol. The zero-order valence-corrected chi connectivity index (χ0v) is 29.6. The summed E-state index contributed by atoms with van der Waals surface area (Å²) in [5, 5.41) is 7.26. The highest BCUT2D eigenvalue weighted by atomic mass is 32.2. The van der Waals surface area contributed by atoms with E-state index < -0.39 is 46.3 Å². The predicted octanol–water partition coefficient (Wildman–Crippen LogP) is 4.93. The lowest BCUT2D eigenvalue weighted by molar-refractivity contribution is -0.146. The number of esters is 1. The lowest BCUT2D eigenvalue weighted by Crippen LogP contribution is -2.41. The molecule has 272 valence electrons. The standard InChI is InChI=1S/C35H43N7O8S/c1-4-6-7-10-19-50-35(45)40-38-21-25-12-15-28(16-13-25)37-22-32-39-29-20-26(14-17-30(29)41(32)3)33(43)42(31-11-8-9-18-36-31)23-27(24-51(46,47)48)34(44)49-5-2/h8-9,11-18,20-21,27,37H,4-7,10,19,22-24H2,1-3H3,(H,40,45)(H,46,47,48). The third-order valence-electron chi connectivity index (χ3n) is 7.79. The summed E-state index contributed by atoms with van der Waals surface area (Å²) >= 11 is 0. The number of pyridine rings is 1. The van der Waals surface area contributed by atoms with Crippen LogP contribution in [-0.4, -0.2) is 77.2 Å². The summed E-state index contributed by atoms with van der Waals surface area (Å²) in [5.74, 6) is -2.84. The first-order valence-corrected chi connectivity index (χ1v) is 18.2. The number of nitrogens with one attached hydrogen (secondary N) is 2. The summed E-state index contributed by atoms with van der Waals surface area (Å²) in [6, 6.07) is 17.3. The molecule has 1 atom stereocenters. The van der Waals surface area contributed by atoms with Gasteiger partial charge < -0.3 is 19.4 Å². The first-order chi connectivity index (χ1) is 24.5. The van der Waals surface area contributed by atoms with E-state index in [4.69, 9.17) is 14.5 Å². The van der Waals surface area contributed by atoms with Gasteiger partial charge in [-0.2, -0.15) is 13.5 Å². The van der Waals surface area contributed by atoms with Gasteiger partial charge in [-0.05, 0) is 61.4 Å². The fourth-order valence-corrected chi connectivity index (χ4v) is 5.92. The van der Waals surface area contributed by atoms with Crippen LogP contribution in [0, 0.1) is 5.92 Å². The Morgan fingerprint density at radius 3 is 2.51 bits per heavy atom. The second-order valence-corrected chi connectivity index (χ2v) is 13.1. The summed E-state index contributed by atoms with van der Waals surface area (Å²) in [7, 11) is -2.72. The highest BCUT2D eigenvalue weighted by Crippen LogP contribution is 2.22. The van der Waals surface area contributed by atoms with Gasteiger partial charge in [0.1, 0.15) is 11.6 Å². The number of ether oxygens (including phenoxy) is 2. The van der Waals surface area contributed by atoms with E-state index in [9.17, 15) is 27.4 Å². The molecular formula is C35H43N7O8S. The second kappa shape index (κ2) is 18.6. The molecule has 15 nitrogen and oxygen atoms in total. The molecule has 3 N–H and O–H groups in total. The Hall–Kier alpha value is -5.35. The molecule has 0 aliphatic carbocycles. The zero-order valence-electron chi connectivity index (χ0n) is 28.8. The number of carbonyl (C=O) groups is 3. The summed E-state index contributed by atoms with van der Waals surface area (Å²) in [4.78, 5) is 48.5. The molecule has 4 rings (SSSR count). The molecule has 16 heteroatoms. The lowest BCUT2D eigenvalue weighted by atomic mass is 10.1. The van der Waals surface area contributed by atoms with Crippen molar-refractivity contribution in [1.29, 1.82) is 0 Å². The van der Waals surface area contributed by atoms with Gasteiger partial charge in [-0.1, -0.05) is 44.4 Å². The van der Waals surface area contributed by atoms with Crippen molar-refractivity contribution >= 4 is 56.8 Å². The van der Waals surface area contributed by atoms with Gasteiger partial charge in [0.25, 0.3) is 16.0 Å². The van der Waals surface area contributed by atoms with Crippen molar-refractivity contribution in [2.75, 3.05) is 35.7 Å². The van der Waals surface area contributed by atoms with E-state index in [-0.39, 0.29) is 18.0 Å². The van der Waals surface area contributed by atoms with Crippen LogP contribution < -0.4 is 15.6 Å². The summed E-state index contributed by atoms with van der Waals surface area (Å²) in [6.07, 6.45) is 6.45. The first-order valence-electron chi connectivity index (χ1n) is 16.6. The van der Waals surface area contributed by atoms with Crippen LogP contribution in [0.2, 0.25) is 0 Å². The molecule has 0 aliphatic rings. The SMILES string of the molecule is CCCCCCOC(=O)NN=Cc1ccc(NCc2nc3cc(C(=O)N(CC(CS(=O)(=O)O)C(=O)OCC)c4ccccn4)ccc3n2C)cc1. The molecule has 0 aliphatic heterocycles. The Morgan fingerprint density at radius 1 is 1.04 bits per heavy atom. The topological polar surface area (TPSA) is 194 Å². The molecule has 0 radical (unpaired) electrons. The van der Waals surface area contributed by atoms with Crippen LogP contribution in [0.5, 0.6) is 0 Å². The minimum Gasteiger partial charge on any atom is -0.466 e. The monoisotopic (exact) mass is 721 g/mol. The molecule has 2 aromatic heterocycles. The molecule has 0 fully saturated rings. The van der Waals surface area contributed by atoms with E-state index >= 15 is 0 Å². The molecule has 1 unspecified atom stereocenters. The van der Waals surface area contributed by atoms with Crippen molar-refractivity contribution in [3.63, 3.8) is 0 Å². The number of imidazole rings is 1. The van der Waals surface area contributed by atoms with E-state index in [2.05, 4.69) is 27.8 Å². The number of aromatic nitrogens is 3. The average Bonchev–Trinajstić information content (AvgIpc) is 3.43. The maximum absolute atomic E-state index is 13.9. The largest absolute Gasteiger partial charge is 0.466 e. The third-order valence-corrected chi connectivity index (χ3v) is 8.61. The quantitative estimate of drug-likeness (QED) is 0.0414. The van der Waals surface area contributed by atoms with Crippen LogP contribution in [0.15, 0.2) is 72.0 Å². The molecule has 2 aromatic carbocycles. The Bertz CT molecular complexity index is 1920. The van der Waals surface area contributed by atoms with Crippen molar-refractivity contribution in [1.82, 2.24) is 20.0 Å². The molecule has 0 saturated heterocycles. The van der Waals surface area contributed by atoms with Crippen LogP contribution in [0.25, 0.3) is 11.0 Å². The summed E-state index contributed by atoms with van der Waals surface area (Å²) in [6.45, 7) is 3.99. The van der Waals surface area contributed by atoms with Gasteiger partial charge in [0.05, 0.1) is 48.7 Å². The molecule has 0 spiro atoms. The fraction of sp³-hybridized carbons (Fsp3) is 0.371. The molecule has 0 saturated carbocycles. The van der Waals surface area contributed by atoms with Crippen LogP contribution in [0.3, 0.4) is 0 Å². The van der Waals surface area contributed by atoms with Crippen molar-refractivity contribution in [2.45, 2.75) is 46.1 Å². The highest BCUT2D eigenvalue weighted by Gasteiger charge is 2.31. The van der Waals surface area contributed by atoms with Crippen molar-refractivity contribution in [3.05, 3.63) is 83.8 Å². The number of fused-ring (bicyclic) bond motifs is 1. The highest BCUT2D eigenvalue weighted by molar-refractivity contribution is 7.85. The van der Waals surface area contributed by atoms with E-state index in [1.807, 2.05) is 35.9 Å². The van der Waals surface area contributed by atoms with E-state index in [1.165, 1.54) is 17.3 Å². The van der Waals surface area contributed by atoms with Gasteiger partial charge in [-0.25, -0.2) is 20.2 Å². The number of carbonyl (C=O) groups excluding carboxylic acids is 3. The van der Waals surface area contributed by atoms with Gasteiger partial charge in [-0.3, -0.25) is 19.0 Å². The van der Waals surface area contributed by atoms with E-state index in [1.54, 1.807) is 43.3 Å². The van der Waals surface area contributed by atoms with Gasteiger partial charge in [0.15, 0.2) is 0 Å². The normalized spacial score (nSPS) is 12.1. The van der Waals surface area contributed by atoms with E-state index in [0.717, 1.165) is 42.5 Å². The number of unbranched alkanes of at least 4 members (excludes halogenated alkanes) is 3. The van der Waals surface area contributed by atoms with Crippen LogP contribution in [0.4, 0.5) is 16.3 Å². The van der Waals surface area contributed by atoms with E-state index in [0.29, 0.717) is 24.5 Å². The van der Waals surface area contributed by atoms with Gasteiger partial charge in [0.2, 0.25) is 0 Å². The smallest absolute Gasteiger partial charge is 0.427 e. The second-order valence-electron chi connectivity index (χ2n) is 11.6. The van der Waals surface area contributed by atoms with Crippen LogP contribution >= 0.6 is 0 Å². The van der Waals surface area contributed by atoms with Gasteiger partial charge >= 0.3 is 12.1 Å². The van der Waals surface area contributed by atoms with Crippen molar-refractivity contribution < 1.29 is 36.8 Å². The number of rotatable bonds is 18. The number of amides is 2. The Labute approximate surface area is 296 Å². The summed E-state index contributed by atoms with van der Waals surface area (Å²) in [5.41, 5.74) is 5.49. The fourth-order valence-electron chi connectivity index (χ4n) is 5.17. The molecule has 4 aromatic rings. The minimum absolute atomic E-state index is 0.0114. The number of benzene rings is 2. The van der Waals surface area contributed by atoms with Crippen molar-refractivity contribution in [2.24, 2.45) is 18.1 Å². The third kappa shape index (κ3) is 11.6. The number of nitrogens with zero attached hydrogens (tertiary/aromatic N) is 5. The van der Waals surface area contributed by atoms with Crippen molar-refractivity contribution in [3.8, 4) is 0 Å². The van der Waals surface area contributed by atoms with Crippen LogP contribution in [0.1, 0.15) is 61.3 Å². The maximum atomic E-state index is 13.9. The first kappa shape index (κ1) is 38.5. The lowest BCUT2D eigenvalue weighted by Gasteiger charge is -2.25. The molecule has 0 bridgehead atoms. The predicted molar refractivity (Wildman–Crippen MR) is 193 cm³/mol. The maximum Gasteiger partial charge on any atom is 0.427 e. The molecule has 2 amide bonds. The average molecular weight is 722 g/mol. The number of hydrazone groups is 1. The van der Waals surface area contributed by atoms with Crippen LogP contribution in [-0.2, 0) is 38.0 Å². The van der Waals surface area contributed by atoms with Gasteiger partial charge in [0, 0.05) is 31.0 Å². The Morgan fingerprint density at radius 2 is 1.82 bits per heavy atom. The Kier molecular flexibility index (Phi) is 14.0. The molecule has 51 heavy (non-hydrogen) atoms. The minimum atomic E-state index is -4.58. The number of anilines is 2. The van der Waals surface area contributed by atoms with Gasteiger partial charge in [-0.15, -0.1) is 0 Å².